The van der Waals surface area contributed by atoms with E-state index in [2.05, 4.69) is 30.4 Å². The fraction of sp³-hybridized carbons (Fsp3) is 0.647. The molecule has 0 aromatic heterocycles. The second-order valence-corrected chi connectivity index (χ2v) is 5.83. The molecule has 112 valence electrons. The smallest absolute Gasteiger partial charge is 0.122 e. The molecule has 0 aliphatic heterocycles. The summed E-state index contributed by atoms with van der Waals surface area (Å²) in [6.07, 6.45) is 3.78. The highest BCUT2D eigenvalue weighted by atomic mass is 16.5. The predicted octanol–water partition coefficient (Wildman–Crippen LogP) is 2.99. The fourth-order valence-electron chi connectivity index (χ4n) is 3.38. The van der Waals surface area contributed by atoms with Gasteiger partial charge in [-0.25, -0.2) is 0 Å². The highest BCUT2D eigenvalue weighted by molar-refractivity contribution is 5.42. The monoisotopic (exact) mass is 277 g/mol. The maximum Gasteiger partial charge on any atom is 0.122 e. The van der Waals surface area contributed by atoms with Crippen LogP contribution in [0.1, 0.15) is 31.7 Å². The van der Waals surface area contributed by atoms with Gasteiger partial charge in [0.25, 0.3) is 0 Å². The van der Waals surface area contributed by atoms with E-state index in [1.807, 2.05) is 6.07 Å². The van der Waals surface area contributed by atoms with E-state index in [0.29, 0.717) is 0 Å². The topological polar surface area (TPSA) is 30.5 Å². The van der Waals surface area contributed by atoms with Crippen molar-refractivity contribution < 1.29 is 9.47 Å². The van der Waals surface area contributed by atoms with Gasteiger partial charge < -0.3 is 14.8 Å². The number of para-hydroxylation sites is 1. The summed E-state index contributed by atoms with van der Waals surface area (Å²) in [6.45, 7) is 4.96. The van der Waals surface area contributed by atoms with Crippen molar-refractivity contribution in [2.75, 3.05) is 33.9 Å². The lowest BCUT2D eigenvalue weighted by Crippen LogP contribution is -2.49. The van der Waals surface area contributed by atoms with Gasteiger partial charge in [0.05, 0.1) is 13.7 Å². The lowest BCUT2D eigenvalue weighted by molar-refractivity contribution is 0.125. The lowest BCUT2D eigenvalue weighted by Gasteiger charge is -2.49. The number of hydrogen-bond donors (Lipinski definition) is 1. The lowest BCUT2D eigenvalue weighted by atomic mass is 9.57. The van der Waals surface area contributed by atoms with Gasteiger partial charge in [-0.05, 0) is 24.8 Å². The molecule has 20 heavy (non-hydrogen) atoms. The summed E-state index contributed by atoms with van der Waals surface area (Å²) < 4.78 is 10.7. The van der Waals surface area contributed by atoms with E-state index in [1.165, 1.54) is 24.8 Å². The van der Waals surface area contributed by atoms with Crippen molar-refractivity contribution in [2.45, 2.75) is 31.6 Å². The summed E-state index contributed by atoms with van der Waals surface area (Å²) in [4.78, 5) is 0. The Bertz CT molecular complexity index is 413. The van der Waals surface area contributed by atoms with Gasteiger partial charge >= 0.3 is 0 Å². The Morgan fingerprint density at radius 3 is 2.65 bits per heavy atom. The van der Waals surface area contributed by atoms with Crippen LogP contribution in [0.3, 0.4) is 0 Å². The van der Waals surface area contributed by atoms with Gasteiger partial charge in [-0.15, -0.1) is 0 Å². The van der Waals surface area contributed by atoms with Crippen LogP contribution in [0.4, 0.5) is 0 Å². The average molecular weight is 277 g/mol. The molecule has 2 rings (SSSR count). The molecule has 1 fully saturated rings. The van der Waals surface area contributed by atoms with Crippen LogP contribution in [0.15, 0.2) is 24.3 Å². The zero-order valence-corrected chi connectivity index (χ0v) is 12.9. The Morgan fingerprint density at radius 1 is 1.25 bits per heavy atom. The van der Waals surface area contributed by atoms with Crippen molar-refractivity contribution in [1.29, 1.82) is 0 Å². The fourth-order valence-corrected chi connectivity index (χ4v) is 3.38. The van der Waals surface area contributed by atoms with Gasteiger partial charge in [0.1, 0.15) is 5.75 Å². The molecule has 0 spiro atoms. The molecule has 0 unspecified atom stereocenters. The van der Waals surface area contributed by atoms with E-state index in [9.17, 15) is 0 Å². The molecular weight excluding hydrogens is 250 g/mol. The van der Waals surface area contributed by atoms with Gasteiger partial charge in [0.2, 0.25) is 0 Å². The highest BCUT2D eigenvalue weighted by Crippen LogP contribution is 2.51. The second kappa shape index (κ2) is 7.09. The van der Waals surface area contributed by atoms with E-state index in [0.717, 1.165) is 31.4 Å². The Labute approximate surface area is 122 Å². The third-order valence-electron chi connectivity index (χ3n) is 4.56. The molecule has 1 aliphatic rings. The maximum atomic E-state index is 5.57. The molecule has 1 aromatic carbocycles. The Kier molecular flexibility index (Phi) is 5.44. The molecule has 1 aliphatic carbocycles. The molecule has 1 aromatic rings. The first-order valence-corrected chi connectivity index (χ1v) is 7.59. The molecule has 0 bridgehead atoms. The standard InChI is InChI=1S/C17H27NO2/c1-4-14-11-17(12-14,13-18-9-10-19-2)15-7-5-6-8-16(15)20-3/h5-8,14,18H,4,9-13H2,1-3H3. The summed E-state index contributed by atoms with van der Waals surface area (Å²) >= 11 is 0. The van der Waals surface area contributed by atoms with Crippen LogP contribution >= 0.6 is 0 Å². The molecule has 0 atom stereocenters. The van der Waals surface area contributed by atoms with Gasteiger partial charge in [-0.2, -0.15) is 0 Å². The third kappa shape index (κ3) is 3.15. The first kappa shape index (κ1) is 15.3. The first-order chi connectivity index (χ1) is 9.75. The summed E-state index contributed by atoms with van der Waals surface area (Å²) in [6, 6.07) is 8.46. The van der Waals surface area contributed by atoms with Crippen LogP contribution in [0.2, 0.25) is 0 Å². The SMILES string of the molecule is CCC1CC(CNCCOC)(c2ccccc2OC)C1. The molecule has 0 radical (unpaired) electrons. The van der Waals surface area contributed by atoms with Crippen molar-refractivity contribution >= 4 is 0 Å². The van der Waals surface area contributed by atoms with Gasteiger partial charge in [-0.1, -0.05) is 31.5 Å². The van der Waals surface area contributed by atoms with Gasteiger partial charge in [-0.3, -0.25) is 0 Å². The van der Waals surface area contributed by atoms with Crippen LogP contribution in [-0.4, -0.2) is 33.9 Å². The van der Waals surface area contributed by atoms with Crippen LogP contribution in [0.25, 0.3) is 0 Å². The first-order valence-electron chi connectivity index (χ1n) is 7.59. The molecule has 3 nitrogen and oxygen atoms in total. The molecule has 0 amide bonds. The van der Waals surface area contributed by atoms with E-state index < -0.39 is 0 Å². The van der Waals surface area contributed by atoms with E-state index >= 15 is 0 Å². The zero-order valence-electron chi connectivity index (χ0n) is 12.9. The van der Waals surface area contributed by atoms with Crippen molar-refractivity contribution in [3.05, 3.63) is 29.8 Å². The minimum absolute atomic E-state index is 0.237. The Hall–Kier alpha value is -1.06. The van der Waals surface area contributed by atoms with Gasteiger partial charge in [0.15, 0.2) is 0 Å². The molecule has 0 heterocycles. The summed E-state index contributed by atoms with van der Waals surface area (Å²) in [5.74, 6) is 1.87. The third-order valence-corrected chi connectivity index (χ3v) is 4.56. The van der Waals surface area contributed by atoms with Crippen LogP contribution in [0, 0.1) is 5.92 Å². The number of rotatable bonds is 8. The average Bonchev–Trinajstić information content (AvgIpc) is 2.46. The summed E-state index contributed by atoms with van der Waals surface area (Å²) in [7, 11) is 3.51. The Morgan fingerprint density at radius 2 is 2.00 bits per heavy atom. The normalized spacial score (nSPS) is 25.2. The van der Waals surface area contributed by atoms with Crippen molar-refractivity contribution in [1.82, 2.24) is 5.32 Å². The van der Waals surface area contributed by atoms with Crippen molar-refractivity contribution in [2.24, 2.45) is 5.92 Å². The Balaban J connectivity index is 2.11. The second-order valence-electron chi connectivity index (χ2n) is 5.83. The van der Waals surface area contributed by atoms with Gasteiger partial charge in [0, 0.05) is 31.2 Å². The molecule has 1 saturated carbocycles. The molecule has 1 N–H and O–H groups in total. The summed E-state index contributed by atoms with van der Waals surface area (Å²) in [5.41, 5.74) is 1.60. The quantitative estimate of drug-likeness (QED) is 0.741. The van der Waals surface area contributed by atoms with E-state index in [-0.39, 0.29) is 5.41 Å². The molecule has 0 saturated heterocycles. The number of methoxy groups -OCH3 is 2. The largest absolute Gasteiger partial charge is 0.496 e. The highest BCUT2D eigenvalue weighted by Gasteiger charge is 2.45. The number of ether oxygens (including phenoxy) is 2. The number of nitrogens with one attached hydrogen (secondary N) is 1. The predicted molar refractivity (Wildman–Crippen MR) is 82.4 cm³/mol. The van der Waals surface area contributed by atoms with Crippen LogP contribution in [-0.2, 0) is 10.2 Å². The van der Waals surface area contributed by atoms with E-state index in [4.69, 9.17) is 9.47 Å². The van der Waals surface area contributed by atoms with Crippen LogP contribution < -0.4 is 10.1 Å². The van der Waals surface area contributed by atoms with Crippen LogP contribution in [0.5, 0.6) is 5.75 Å². The maximum absolute atomic E-state index is 5.57. The number of hydrogen-bond acceptors (Lipinski definition) is 3. The van der Waals surface area contributed by atoms with Crippen molar-refractivity contribution in [3.8, 4) is 5.75 Å². The minimum atomic E-state index is 0.237. The van der Waals surface area contributed by atoms with E-state index in [1.54, 1.807) is 14.2 Å². The zero-order chi connectivity index (χ0) is 14.4. The summed E-state index contributed by atoms with van der Waals surface area (Å²) in [5, 5.41) is 3.54. The minimum Gasteiger partial charge on any atom is -0.496 e. The number of benzene rings is 1. The van der Waals surface area contributed by atoms with Crippen molar-refractivity contribution in [3.63, 3.8) is 0 Å². The molecular formula is C17H27NO2. The molecule has 3 heteroatoms.